The van der Waals surface area contributed by atoms with Crippen molar-refractivity contribution < 1.29 is 22.4 Å². The van der Waals surface area contributed by atoms with Gasteiger partial charge in [-0.2, -0.15) is 0 Å². The van der Waals surface area contributed by atoms with E-state index < -0.39 is 34.3 Å². The number of rotatable bonds is 12. The summed E-state index contributed by atoms with van der Waals surface area (Å²) in [6.07, 6.45) is 1.69. The van der Waals surface area contributed by atoms with E-state index in [1.54, 1.807) is 49.4 Å². The predicted octanol–water partition coefficient (Wildman–Crippen LogP) is 4.97. The summed E-state index contributed by atoms with van der Waals surface area (Å²) in [5.41, 5.74) is 2.66. The van der Waals surface area contributed by atoms with Gasteiger partial charge in [0.2, 0.25) is 11.8 Å². The minimum absolute atomic E-state index is 0.00749. The molecule has 208 valence electrons. The summed E-state index contributed by atoms with van der Waals surface area (Å²) in [6.45, 7) is 7.28. The number of anilines is 1. The first-order chi connectivity index (χ1) is 18.5. The lowest BCUT2D eigenvalue weighted by molar-refractivity contribution is -0.139. The van der Waals surface area contributed by atoms with Gasteiger partial charge in [0.25, 0.3) is 10.0 Å². The van der Waals surface area contributed by atoms with Gasteiger partial charge in [-0.15, -0.1) is 0 Å². The molecule has 1 N–H and O–H groups in total. The number of halogens is 1. The van der Waals surface area contributed by atoms with Gasteiger partial charge in [0, 0.05) is 13.1 Å². The average molecular weight is 554 g/mol. The third-order valence-corrected chi connectivity index (χ3v) is 8.16. The largest absolute Gasteiger partial charge is 0.354 e. The lowest BCUT2D eigenvalue weighted by Gasteiger charge is -2.32. The molecule has 3 aromatic rings. The number of nitrogens with one attached hydrogen (secondary N) is 1. The molecule has 0 aliphatic carbocycles. The van der Waals surface area contributed by atoms with E-state index in [1.165, 1.54) is 29.2 Å². The van der Waals surface area contributed by atoms with Crippen molar-refractivity contribution in [2.24, 2.45) is 0 Å². The number of nitrogens with zero attached hydrogens (tertiary/aromatic N) is 2. The number of carbonyl (C=O) groups excluding carboxylic acids is 2. The van der Waals surface area contributed by atoms with Crippen molar-refractivity contribution in [3.63, 3.8) is 0 Å². The van der Waals surface area contributed by atoms with Gasteiger partial charge in [0.15, 0.2) is 0 Å². The number of carbonyl (C=O) groups is 2. The molecule has 0 heterocycles. The van der Waals surface area contributed by atoms with Crippen molar-refractivity contribution in [1.29, 1.82) is 0 Å². The topological polar surface area (TPSA) is 86.8 Å². The van der Waals surface area contributed by atoms with Crippen molar-refractivity contribution >= 4 is 27.5 Å². The molecule has 0 aliphatic heterocycles. The van der Waals surface area contributed by atoms with Crippen LogP contribution in [0.25, 0.3) is 0 Å². The van der Waals surface area contributed by atoms with E-state index in [9.17, 15) is 22.4 Å². The summed E-state index contributed by atoms with van der Waals surface area (Å²) in [5, 5.41) is 2.84. The monoisotopic (exact) mass is 553 g/mol. The Balaban J connectivity index is 2.01. The van der Waals surface area contributed by atoms with Gasteiger partial charge >= 0.3 is 0 Å². The average Bonchev–Trinajstić information content (AvgIpc) is 2.90. The summed E-state index contributed by atoms with van der Waals surface area (Å²) in [7, 11) is -4.12. The molecular formula is C30H36FN3O4S. The number of aryl methyl sites for hydroxylation is 2. The Morgan fingerprint density at radius 3 is 2.15 bits per heavy atom. The SMILES string of the molecule is CCCCNC(=O)C(C)N(Cc1ccc(F)cc1)C(=O)CN(c1cc(C)cc(C)c1)S(=O)(=O)c1ccccc1. The summed E-state index contributed by atoms with van der Waals surface area (Å²) in [5.74, 6) is -1.32. The minimum Gasteiger partial charge on any atom is -0.354 e. The van der Waals surface area contributed by atoms with Gasteiger partial charge in [-0.05, 0) is 80.3 Å². The first-order valence-electron chi connectivity index (χ1n) is 13.0. The zero-order valence-electron chi connectivity index (χ0n) is 22.9. The fraction of sp³-hybridized carbons (Fsp3) is 0.333. The van der Waals surface area contributed by atoms with Crippen LogP contribution in [0.3, 0.4) is 0 Å². The molecule has 0 spiro atoms. The second kappa shape index (κ2) is 13.4. The molecule has 3 rings (SSSR count). The summed E-state index contributed by atoms with van der Waals surface area (Å²) >= 11 is 0. The summed E-state index contributed by atoms with van der Waals surface area (Å²) in [6, 6.07) is 18.0. The van der Waals surface area contributed by atoms with Gasteiger partial charge in [-0.1, -0.05) is 49.7 Å². The second-order valence-corrected chi connectivity index (χ2v) is 11.5. The molecule has 7 nitrogen and oxygen atoms in total. The van der Waals surface area contributed by atoms with Crippen LogP contribution >= 0.6 is 0 Å². The van der Waals surface area contributed by atoms with Gasteiger partial charge < -0.3 is 10.2 Å². The standard InChI is InChI=1S/C30H36FN3O4S/c1-5-6-16-32-30(36)24(4)33(20-25-12-14-26(31)15-13-25)29(35)21-34(27-18-22(2)17-23(3)19-27)39(37,38)28-10-8-7-9-11-28/h7-15,17-19,24H,5-6,16,20-21H2,1-4H3,(H,32,36). The molecule has 9 heteroatoms. The molecule has 39 heavy (non-hydrogen) atoms. The molecule has 0 aliphatic rings. The van der Waals surface area contributed by atoms with Gasteiger partial charge in [0.05, 0.1) is 10.6 Å². The van der Waals surface area contributed by atoms with Crippen molar-refractivity contribution in [1.82, 2.24) is 10.2 Å². The predicted molar refractivity (Wildman–Crippen MR) is 151 cm³/mol. The van der Waals surface area contributed by atoms with E-state index >= 15 is 0 Å². The van der Waals surface area contributed by atoms with Crippen LogP contribution in [-0.2, 0) is 26.2 Å². The quantitative estimate of drug-likeness (QED) is 0.321. The normalized spacial score (nSPS) is 12.0. The highest BCUT2D eigenvalue weighted by molar-refractivity contribution is 7.92. The zero-order chi connectivity index (χ0) is 28.6. The number of amides is 2. The maximum absolute atomic E-state index is 13.9. The summed E-state index contributed by atoms with van der Waals surface area (Å²) < 4.78 is 42.3. The van der Waals surface area contributed by atoms with E-state index in [1.807, 2.05) is 26.8 Å². The van der Waals surface area contributed by atoms with E-state index in [0.29, 0.717) is 17.8 Å². The smallest absolute Gasteiger partial charge is 0.264 e. The number of sulfonamides is 1. The van der Waals surface area contributed by atoms with E-state index in [4.69, 9.17) is 0 Å². The minimum atomic E-state index is -4.12. The summed E-state index contributed by atoms with van der Waals surface area (Å²) in [4.78, 5) is 28.2. The molecule has 0 saturated carbocycles. The Bertz CT molecular complexity index is 1360. The number of hydrogen-bond acceptors (Lipinski definition) is 4. The van der Waals surface area contributed by atoms with E-state index in [2.05, 4.69) is 5.32 Å². The Hall–Kier alpha value is -3.72. The molecule has 3 aromatic carbocycles. The first kappa shape index (κ1) is 29.8. The molecule has 1 atom stereocenters. The fourth-order valence-corrected chi connectivity index (χ4v) is 5.67. The third-order valence-electron chi connectivity index (χ3n) is 6.37. The zero-order valence-corrected chi connectivity index (χ0v) is 23.7. The van der Waals surface area contributed by atoms with Crippen LogP contribution in [0.15, 0.2) is 77.7 Å². The molecule has 0 fully saturated rings. The molecular weight excluding hydrogens is 517 g/mol. The highest BCUT2D eigenvalue weighted by Gasteiger charge is 2.32. The highest BCUT2D eigenvalue weighted by atomic mass is 32.2. The molecule has 0 saturated heterocycles. The third kappa shape index (κ3) is 7.89. The number of unbranched alkanes of at least 4 members (excludes halogenated alkanes) is 1. The fourth-order valence-electron chi connectivity index (χ4n) is 4.25. The Kier molecular flexibility index (Phi) is 10.2. The molecule has 0 bridgehead atoms. The highest BCUT2D eigenvalue weighted by Crippen LogP contribution is 2.26. The molecule has 0 radical (unpaired) electrons. The Labute approximate surface area is 230 Å². The molecule has 1 unspecified atom stereocenters. The lowest BCUT2D eigenvalue weighted by atomic mass is 10.1. The van der Waals surface area contributed by atoms with E-state index in [-0.39, 0.29) is 17.3 Å². The lowest BCUT2D eigenvalue weighted by Crippen LogP contribution is -2.51. The van der Waals surface area contributed by atoms with Crippen LogP contribution < -0.4 is 9.62 Å². The van der Waals surface area contributed by atoms with Crippen LogP contribution in [0.4, 0.5) is 10.1 Å². The van der Waals surface area contributed by atoms with Gasteiger partial charge in [-0.3, -0.25) is 13.9 Å². The maximum Gasteiger partial charge on any atom is 0.264 e. The van der Waals surface area contributed by atoms with Crippen LogP contribution in [0.2, 0.25) is 0 Å². The van der Waals surface area contributed by atoms with Gasteiger partial charge in [-0.25, -0.2) is 12.8 Å². The van der Waals surface area contributed by atoms with Crippen molar-refractivity contribution in [2.45, 2.75) is 58.0 Å². The maximum atomic E-state index is 13.9. The number of benzene rings is 3. The van der Waals surface area contributed by atoms with Crippen LogP contribution in [-0.4, -0.2) is 44.3 Å². The Morgan fingerprint density at radius 2 is 1.56 bits per heavy atom. The van der Waals surface area contributed by atoms with Crippen molar-refractivity contribution in [3.8, 4) is 0 Å². The van der Waals surface area contributed by atoms with Gasteiger partial charge in [0.1, 0.15) is 18.4 Å². The first-order valence-corrected chi connectivity index (χ1v) is 14.4. The van der Waals surface area contributed by atoms with Crippen LogP contribution in [0, 0.1) is 19.7 Å². The Morgan fingerprint density at radius 1 is 0.949 bits per heavy atom. The molecule has 0 aromatic heterocycles. The molecule has 2 amide bonds. The number of hydrogen-bond donors (Lipinski definition) is 1. The van der Waals surface area contributed by atoms with E-state index in [0.717, 1.165) is 28.3 Å². The van der Waals surface area contributed by atoms with Crippen LogP contribution in [0.5, 0.6) is 0 Å². The van der Waals surface area contributed by atoms with Crippen molar-refractivity contribution in [3.05, 3.63) is 95.3 Å². The second-order valence-electron chi connectivity index (χ2n) is 9.64. The van der Waals surface area contributed by atoms with Crippen LogP contribution in [0.1, 0.15) is 43.4 Å². The van der Waals surface area contributed by atoms with Crippen molar-refractivity contribution in [2.75, 3.05) is 17.4 Å².